The molecule has 3 rings (SSSR count). The number of benzene rings is 1. The van der Waals surface area contributed by atoms with Gasteiger partial charge in [-0.15, -0.1) is 0 Å². The van der Waals surface area contributed by atoms with E-state index in [1.165, 1.54) is 7.05 Å². The third-order valence-corrected chi connectivity index (χ3v) is 5.89. The van der Waals surface area contributed by atoms with Crippen LogP contribution in [0.2, 0.25) is 0 Å². The zero-order valence-corrected chi connectivity index (χ0v) is 17.1. The second-order valence-corrected chi connectivity index (χ2v) is 9.00. The Kier molecular flexibility index (Phi) is 5.14. The third kappa shape index (κ3) is 3.71. The molecule has 1 aromatic rings. The van der Waals surface area contributed by atoms with Gasteiger partial charge >= 0.3 is 12.0 Å². The van der Waals surface area contributed by atoms with Gasteiger partial charge in [0.25, 0.3) is 11.1 Å². The Hall–Kier alpha value is -2.55. The highest BCUT2D eigenvalue weighted by Gasteiger charge is 2.57. The van der Waals surface area contributed by atoms with E-state index in [1.54, 1.807) is 32.9 Å². The maximum Gasteiger partial charge on any atom is 0.326 e. The number of nitrogens with one attached hydrogen (secondary N) is 2. The molecule has 0 radical (unpaired) electrons. The van der Waals surface area contributed by atoms with E-state index in [4.69, 9.17) is 4.74 Å². The first-order valence-electron chi connectivity index (χ1n) is 8.95. The van der Waals surface area contributed by atoms with E-state index >= 15 is 0 Å². The number of nitrogens with zero attached hydrogens (tertiary/aromatic N) is 1. The molecular weight excluding hydrogens is 382 g/mol. The number of thioether (sulfide) groups is 1. The predicted octanol–water partition coefficient (Wildman–Crippen LogP) is 2.62. The summed E-state index contributed by atoms with van der Waals surface area (Å²) in [4.78, 5) is 50.2. The number of aryl methyl sites for hydroxylation is 1. The number of fused-ring (bicyclic) bond motifs is 2. The van der Waals surface area contributed by atoms with Gasteiger partial charge in [0, 0.05) is 12.7 Å². The summed E-state index contributed by atoms with van der Waals surface area (Å²) in [6.07, 6.45) is 1.07. The molecule has 2 N–H and O–H groups in total. The van der Waals surface area contributed by atoms with Gasteiger partial charge in [0.05, 0.1) is 0 Å². The highest BCUT2D eigenvalue weighted by molar-refractivity contribution is 8.15. The number of rotatable bonds is 3. The Morgan fingerprint density at radius 2 is 2.00 bits per heavy atom. The van der Waals surface area contributed by atoms with E-state index < -0.39 is 28.1 Å². The van der Waals surface area contributed by atoms with Crippen molar-refractivity contribution in [3.8, 4) is 0 Å². The standard InChI is InChI=1S/C19H23N3O5S/c1-18(2,3)27-14(23)10-22-15(24)19(28-17(22)26)8-7-11-9-12(5-6-13(11)19)21-16(25)20-4/h5-6,9H,7-8,10H2,1-4H3,(H2,20,21,25)/t19-/m0/s1. The van der Waals surface area contributed by atoms with Crippen LogP contribution in [-0.4, -0.2) is 47.2 Å². The molecule has 1 fully saturated rings. The van der Waals surface area contributed by atoms with Gasteiger partial charge in [0.1, 0.15) is 16.9 Å². The first kappa shape index (κ1) is 20.2. The van der Waals surface area contributed by atoms with Crippen LogP contribution < -0.4 is 10.6 Å². The Bertz CT molecular complexity index is 864. The fourth-order valence-corrected chi connectivity index (χ4v) is 4.69. The molecule has 9 heteroatoms. The van der Waals surface area contributed by atoms with E-state index in [2.05, 4.69) is 10.6 Å². The molecule has 1 saturated heterocycles. The SMILES string of the molecule is CNC(=O)Nc1ccc2c(c1)CC[C@]21SC(=O)N(CC(=O)OC(C)(C)C)C1=O. The summed E-state index contributed by atoms with van der Waals surface area (Å²) in [6.45, 7) is 4.79. The second kappa shape index (κ2) is 7.12. The van der Waals surface area contributed by atoms with Crippen molar-refractivity contribution in [2.24, 2.45) is 0 Å². The van der Waals surface area contributed by atoms with Crippen LogP contribution in [0.5, 0.6) is 0 Å². The van der Waals surface area contributed by atoms with Gasteiger partial charge < -0.3 is 15.4 Å². The molecule has 1 atom stereocenters. The van der Waals surface area contributed by atoms with Crippen molar-refractivity contribution in [1.29, 1.82) is 0 Å². The van der Waals surface area contributed by atoms with Gasteiger partial charge in [-0.1, -0.05) is 6.07 Å². The molecule has 1 aliphatic carbocycles. The quantitative estimate of drug-likeness (QED) is 0.749. The van der Waals surface area contributed by atoms with Crippen molar-refractivity contribution >= 4 is 40.6 Å². The first-order valence-corrected chi connectivity index (χ1v) is 9.76. The lowest BCUT2D eigenvalue weighted by Crippen LogP contribution is -2.41. The number of anilines is 1. The van der Waals surface area contributed by atoms with E-state index in [9.17, 15) is 19.2 Å². The lowest BCUT2D eigenvalue weighted by atomic mass is 9.98. The van der Waals surface area contributed by atoms with Gasteiger partial charge in [-0.25, -0.2) is 4.79 Å². The van der Waals surface area contributed by atoms with Crippen LogP contribution >= 0.6 is 11.8 Å². The van der Waals surface area contributed by atoms with Crippen molar-refractivity contribution in [3.05, 3.63) is 29.3 Å². The molecule has 150 valence electrons. The van der Waals surface area contributed by atoms with E-state index in [0.717, 1.165) is 27.8 Å². The lowest BCUT2D eigenvalue weighted by molar-refractivity contribution is -0.157. The number of carbonyl (C=O) groups excluding carboxylic acids is 4. The molecule has 28 heavy (non-hydrogen) atoms. The van der Waals surface area contributed by atoms with E-state index in [1.807, 2.05) is 6.07 Å². The fourth-order valence-electron chi connectivity index (χ4n) is 3.43. The summed E-state index contributed by atoms with van der Waals surface area (Å²) < 4.78 is 4.23. The van der Waals surface area contributed by atoms with Gasteiger partial charge in [0.2, 0.25) is 0 Å². The highest BCUT2D eigenvalue weighted by atomic mass is 32.2. The van der Waals surface area contributed by atoms with Crippen LogP contribution in [0.15, 0.2) is 18.2 Å². The van der Waals surface area contributed by atoms with Gasteiger partial charge in [0.15, 0.2) is 0 Å². The summed E-state index contributed by atoms with van der Waals surface area (Å²) in [7, 11) is 1.52. The number of hydrogen-bond donors (Lipinski definition) is 2. The second-order valence-electron chi connectivity index (χ2n) is 7.75. The maximum atomic E-state index is 13.1. The van der Waals surface area contributed by atoms with Crippen molar-refractivity contribution in [2.45, 2.75) is 44.0 Å². The molecule has 1 aromatic carbocycles. The number of amides is 4. The van der Waals surface area contributed by atoms with Crippen LogP contribution in [0, 0.1) is 0 Å². The van der Waals surface area contributed by atoms with Crippen LogP contribution in [0.25, 0.3) is 0 Å². The molecule has 2 aliphatic rings. The minimum Gasteiger partial charge on any atom is -0.459 e. The number of esters is 1. The summed E-state index contributed by atoms with van der Waals surface area (Å²) in [5, 5.41) is 4.73. The third-order valence-electron chi connectivity index (χ3n) is 4.55. The van der Waals surface area contributed by atoms with Crippen molar-refractivity contribution in [3.63, 3.8) is 0 Å². The van der Waals surface area contributed by atoms with Crippen molar-refractivity contribution in [2.75, 3.05) is 18.9 Å². The first-order chi connectivity index (χ1) is 13.1. The number of imide groups is 1. The minimum absolute atomic E-state index is 0.335. The molecule has 1 heterocycles. The Morgan fingerprint density at radius 3 is 2.64 bits per heavy atom. The predicted molar refractivity (Wildman–Crippen MR) is 105 cm³/mol. The molecule has 4 amide bonds. The molecule has 8 nitrogen and oxygen atoms in total. The van der Waals surface area contributed by atoms with Crippen LogP contribution in [0.3, 0.4) is 0 Å². The molecule has 0 unspecified atom stereocenters. The Morgan fingerprint density at radius 1 is 1.29 bits per heavy atom. The summed E-state index contributed by atoms with van der Waals surface area (Å²) in [5.41, 5.74) is 1.58. The monoisotopic (exact) mass is 405 g/mol. The molecule has 1 spiro atoms. The van der Waals surface area contributed by atoms with Crippen LogP contribution in [-0.2, 0) is 25.5 Å². The van der Waals surface area contributed by atoms with Crippen molar-refractivity contribution < 1.29 is 23.9 Å². The van der Waals surface area contributed by atoms with E-state index in [0.29, 0.717) is 18.5 Å². The number of ether oxygens (including phenoxy) is 1. The van der Waals surface area contributed by atoms with Crippen molar-refractivity contribution in [1.82, 2.24) is 10.2 Å². The highest BCUT2D eigenvalue weighted by Crippen LogP contribution is 2.53. The molecule has 1 aliphatic heterocycles. The largest absolute Gasteiger partial charge is 0.459 e. The van der Waals surface area contributed by atoms with Gasteiger partial charge in [-0.3, -0.25) is 19.3 Å². The zero-order chi connectivity index (χ0) is 20.7. The average molecular weight is 405 g/mol. The molecule has 0 bridgehead atoms. The number of urea groups is 1. The Balaban J connectivity index is 1.82. The maximum absolute atomic E-state index is 13.1. The minimum atomic E-state index is -1.01. The number of hydrogen-bond acceptors (Lipinski definition) is 6. The molecule has 0 saturated carbocycles. The lowest BCUT2D eigenvalue weighted by Gasteiger charge is -2.23. The number of carbonyl (C=O) groups is 4. The van der Waals surface area contributed by atoms with Gasteiger partial charge in [-0.2, -0.15) is 0 Å². The average Bonchev–Trinajstić information content (AvgIpc) is 3.06. The molecule has 0 aromatic heterocycles. The van der Waals surface area contributed by atoms with Crippen LogP contribution in [0.1, 0.15) is 38.3 Å². The summed E-state index contributed by atoms with van der Waals surface area (Å²) in [6, 6.07) is 4.95. The zero-order valence-electron chi connectivity index (χ0n) is 16.3. The topological polar surface area (TPSA) is 105 Å². The molecular formula is C19H23N3O5S. The van der Waals surface area contributed by atoms with Crippen LogP contribution in [0.4, 0.5) is 15.3 Å². The summed E-state index contributed by atoms with van der Waals surface area (Å²) in [5.74, 6) is -1.01. The smallest absolute Gasteiger partial charge is 0.326 e. The Labute approximate surface area is 167 Å². The van der Waals surface area contributed by atoms with E-state index in [-0.39, 0.29) is 11.9 Å². The fraction of sp³-hybridized carbons (Fsp3) is 0.474. The normalized spacial score (nSPS) is 21.1. The summed E-state index contributed by atoms with van der Waals surface area (Å²) >= 11 is 0.949. The van der Waals surface area contributed by atoms with Gasteiger partial charge in [-0.05, 0) is 68.6 Å².